The number of hydrogen-bond acceptors (Lipinski definition) is 2. The molecule has 1 aliphatic heterocycles. The molecular formula is C12H14BrF2NO. The maximum atomic E-state index is 13.8. The fraction of sp³-hybridized carbons (Fsp3) is 0.500. The summed E-state index contributed by atoms with van der Waals surface area (Å²) in [7, 11) is 1.62. The molecule has 1 heterocycles. The Balaban J connectivity index is 2.27. The van der Waals surface area contributed by atoms with Gasteiger partial charge in [0.1, 0.15) is 17.3 Å². The van der Waals surface area contributed by atoms with Crippen LogP contribution in [0, 0.1) is 11.6 Å². The molecule has 1 aromatic rings. The number of nitrogens with zero attached hydrogens (tertiary/aromatic N) is 1. The molecule has 2 nitrogen and oxygen atoms in total. The van der Waals surface area contributed by atoms with E-state index in [1.807, 2.05) is 0 Å². The number of anilines is 1. The van der Waals surface area contributed by atoms with Gasteiger partial charge in [-0.25, -0.2) is 8.78 Å². The summed E-state index contributed by atoms with van der Waals surface area (Å²) in [5, 5.41) is 0.446. The highest BCUT2D eigenvalue weighted by molar-refractivity contribution is 9.08. The van der Waals surface area contributed by atoms with Gasteiger partial charge < -0.3 is 9.64 Å². The van der Waals surface area contributed by atoms with E-state index >= 15 is 0 Å². The third kappa shape index (κ3) is 2.60. The van der Waals surface area contributed by atoms with E-state index in [0.717, 1.165) is 6.42 Å². The third-order valence-corrected chi connectivity index (χ3v) is 3.67. The normalized spacial score (nSPS) is 20.0. The largest absolute Gasteiger partial charge is 0.380 e. The van der Waals surface area contributed by atoms with Gasteiger partial charge in [0.05, 0.1) is 6.10 Å². The standard InChI is InChI=1S/C12H14BrF2NO/c1-17-9-2-3-16(7-9)12-10(14)4-8(6-13)5-11(12)15/h4-5,9H,2-3,6-7H2,1H3. The van der Waals surface area contributed by atoms with Crippen molar-refractivity contribution in [2.45, 2.75) is 17.9 Å². The van der Waals surface area contributed by atoms with Crippen molar-refractivity contribution in [2.24, 2.45) is 0 Å². The number of ether oxygens (including phenoxy) is 1. The summed E-state index contributed by atoms with van der Waals surface area (Å²) >= 11 is 3.19. The van der Waals surface area contributed by atoms with Crippen LogP contribution in [0.2, 0.25) is 0 Å². The molecule has 1 aliphatic rings. The quantitative estimate of drug-likeness (QED) is 0.796. The Kier molecular flexibility index (Phi) is 3.99. The minimum Gasteiger partial charge on any atom is -0.380 e. The van der Waals surface area contributed by atoms with Gasteiger partial charge in [0.2, 0.25) is 0 Å². The summed E-state index contributed by atoms with van der Waals surface area (Å²) in [6.07, 6.45) is 0.861. The third-order valence-electron chi connectivity index (χ3n) is 3.03. The molecule has 1 unspecified atom stereocenters. The van der Waals surface area contributed by atoms with Gasteiger partial charge in [-0.15, -0.1) is 0 Å². The van der Waals surface area contributed by atoms with E-state index < -0.39 is 11.6 Å². The summed E-state index contributed by atoms with van der Waals surface area (Å²) in [5.41, 5.74) is 0.667. The molecule has 0 bridgehead atoms. The molecule has 1 atom stereocenters. The van der Waals surface area contributed by atoms with Crippen LogP contribution >= 0.6 is 15.9 Å². The molecule has 1 aromatic carbocycles. The number of rotatable bonds is 3. The smallest absolute Gasteiger partial charge is 0.149 e. The van der Waals surface area contributed by atoms with E-state index in [0.29, 0.717) is 24.0 Å². The van der Waals surface area contributed by atoms with Crippen LogP contribution in [0.4, 0.5) is 14.5 Å². The number of benzene rings is 1. The second-order valence-corrected chi connectivity index (χ2v) is 4.69. The van der Waals surface area contributed by atoms with Crippen LogP contribution in [0.1, 0.15) is 12.0 Å². The van der Waals surface area contributed by atoms with Crippen LogP contribution in [0.15, 0.2) is 12.1 Å². The molecule has 0 amide bonds. The summed E-state index contributed by atoms with van der Waals surface area (Å²) in [6.45, 7) is 1.16. The maximum Gasteiger partial charge on any atom is 0.149 e. The van der Waals surface area contributed by atoms with Crippen molar-refractivity contribution in [3.05, 3.63) is 29.3 Å². The first kappa shape index (κ1) is 12.8. The second kappa shape index (κ2) is 5.31. The van der Waals surface area contributed by atoms with E-state index in [1.54, 1.807) is 12.0 Å². The van der Waals surface area contributed by atoms with Gasteiger partial charge in [-0.3, -0.25) is 0 Å². The molecule has 0 spiro atoms. The Morgan fingerprint density at radius 2 is 2.06 bits per heavy atom. The highest BCUT2D eigenvalue weighted by atomic mass is 79.9. The molecule has 2 rings (SSSR count). The van der Waals surface area contributed by atoms with Crippen molar-refractivity contribution >= 4 is 21.6 Å². The number of hydrogen-bond donors (Lipinski definition) is 0. The fourth-order valence-electron chi connectivity index (χ4n) is 2.12. The van der Waals surface area contributed by atoms with Gasteiger partial charge in [-0.05, 0) is 24.1 Å². The van der Waals surface area contributed by atoms with E-state index in [2.05, 4.69) is 15.9 Å². The first-order valence-electron chi connectivity index (χ1n) is 5.47. The number of halogens is 3. The predicted octanol–water partition coefficient (Wildman–Crippen LogP) is 3.08. The Labute approximate surface area is 108 Å². The average molecular weight is 306 g/mol. The van der Waals surface area contributed by atoms with Crippen molar-refractivity contribution in [1.29, 1.82) is 0 Å². The summed E-state index contributed by atoms with van der Waals surface area (Å²) in [6, 6.07) is 2.74. The zero-order chi connectivity index (χ0) is 12.4. The zero-order valence-electron chi connectivity index (χ0n) is 9.55. The minimum atomic E-state index is -0.504. The molecule has 0 aromatic heterocycles. The topological polar surface area (TPSA) is 12.5 Å². The number of alkyl halides is 1. The Bertz CT molecular complexity index is 390. The van der Waals surface area contributed by atoms with Gasteiger partial charge in [0.15, 0.2) is 0 Å². The van der Waals surface area contributed by atoms with E-state index in [1.165, 1.54) is 12.1 Å². The lowest BCUT2D eigenvalue weighted by Gasteiger charge is -2.20. The minimum absolute atomic E-state index is 0.0599. The van der Waals surface area contributed by atoms with Gasteiger partial charge in [0, 0.05) is 25.5 Å². The highest BCUT2D eigenvalue weighted by Crippen LogP contribution is 2.29. The first-order valence-corrected chi connectivity index (χ1v) is 6.59. The first-order chi connectivity index (χ1) is 8.15. The molecule has 0 N–H and O–H groups in total. The van der Waals surface area contributed by atoms with Gasteiger partial charge >= 0.3 is 0 Å². The molecule has 5 heteroatoms. The van der Waals surface area contributed by atoms with Crippen molar-refractivity contribution < 1.29 is 13.5 Å². The van der Waals surface area contributed by atoms with Gasteiger partial charge in [0.25, 0.3) is 0 Å². The molecule has 1 saturated heterocycles. The lowest BCUT2D eigenvalue weighted by molar-refractivity contribution is 0.121. The summed E-state index contributed by atoms with van der Waals surface area (Å²) in [4.78, 5) is 1.71. The number of methoxy groups -OCH3 is 1. The Morgan fingerprint density at radius 3 is 2.53 bits per heavy atom. The SMILES string of the molecule is COC1CCN(c2c(F)cc(CBr)cc2F)C1. The second-order valence-electron chi connectivity index (χ2n) is 4.13. The fourth-order valence-corrected chi connectivity index (χ4v) is 2.44. The Hall–Kier alpha value is -0.680. The van der Waals surface area contributed by atoms with E-state index in [4.69, 9.17) is 4.74 Å². The average Bonchev–Trinajstić information content (AvgIpc) is 2.76. The van der Waals surface area contributed by atoms with Crippen LogP contribution in [0.25, 0.3) is 0 Å². The molecule has 0 radical (unpaired) electrons. The van der Waals surface area contributed by atoms with Crippen molar-refractivity contribution in [3.8, 4) is 0 Å². The maximum absolute atomic E-state index is 13.8. The highest BCUT2D eigenvalue weighted by Gasteiger charge is 2.26. The van der Waals surface area contributed by atoms with Crippen molar-refractivity contribution in [3.63, 3.8) is 0 Å². The molecule has 1 fully saturated rings. The van der Waals surface area contributed by atoms with Crippen LogP contribution in [-0.2, 0) is 10.1 Å². The summed E-state index contributed by atoms with van der Waals surface area (Å²) < 4.78 is 32.9. The van der Waals surface area contributed by atoms with Crippen LogP contribution in [0.5, 0.6) is 0 Å². The molecular weight excluding hydrogens is 292 g/mol. The van der Waals surface area contributed by atoms with Crippen LogP contribution in [0.3, 0.4) is 0 Å². The van der Waals surface area contributed by atoms with E-state index in [-0.39, 0.29) is 11.8 Å². The lowest BCUT2D eigenvalue weighted by Crippen LogP contribution is -2.24. The zero-order valence-corrected chi connectivity index (χ0v) is 11.1. The monoisotopic (exact) mass is 305 g/mol. The predicted molar refractivity (Wildman–Crippen MR) is 66.6 cm³/mol. The molecule has 17 heavy (non-hydrogen) atoms. The van der Waals surface area contributed by atoms with Crippen LogP contribution < -0.4 is 4.90 Å². The molecule has 94 valence electrons. The van der Waals surface area contributed by atoms with Crippen molar-refractivity contribution in [1.82, 2.24) is 0 Å². The van der Waals surface area contributed by atoms with Crippen molar-refractivity contribution in [2.75, 3.05) is 25.1 Å². The molecule has 0 saturated carbocycles. The summed E-state index contributed by atoms with van der Waals surface area (Å²) in [5.74, 6) is -1.01. The Morgan fingerprint density at radius 1 is 1.41 bits per heavy atom. The van der Waals surface area contributed by atoms with Crippen LogP contribution in [-0.4, -0.2) is 26.3 Å². The lowest BCUT2D eigenvalue weighted by atomic mass is 10.2. The van der Waals surface area contributed by atoms with E-state index in [9.17, 15) is 8.78 Å². The van der Waals surface area contributed by atoms with Gasteiger partial charge in [-0.2, -0.15) is 0 Å². The van der Waals surface area contributed by atoms with Gasteiger partial charge in [-0.1, -0.05) is 15.9 Å². The molecule has 0 aliphatic carbocycles.